The summed E-state index contributed by atoms with van der Waals surface area (Å²) >= 11 is 4.38. The van der Waals surface area contributed by atoms with Crippen LogP contribution in [0.1, 0.15) is 30.6 Å². The normalized spacial score (nSPS) is 39.2. The summed E-state index contributed by atoms with van der Waals surface area (Å²) in [6.07, 6.45) is 0.464. The van der Waals surface area contributed by atoms with E-state index in [1.807, 2.05) is 25.9 Å². The van der Waals surface area contributed by atoms with Crippen molar-refractivity contribution in [3.63, 3.8) is 0 Å². The number of carbonyl (C=O) groups is 3. The molecule has 9 heteroatoms. The zero-order valence-corrected chi connectivity index (χ0v) is 19.8. The summed E-state index contributed by atoms with van der Waals surface area (Å²) < 4.78 is 23.5. The molecular weight excluding hydrogens is 446 g/mol. The molecule has 8 nitrogen and oxygen atoms in total. The molecule has 2 saturated heterocycles. The minimum Gasteiger partial charge on any atom is -0.461 e. The highest BCUT2D eigenvalue weighted by Crippen LogP contribution is 2.52. The zero-order valence-electron chi connectivity index (χ0n) is 18.9. The van der Waals surface area contributed by atoms with Crippen molar-refractivity contribution in [2.45, 2.75) is 55.1 Å². The van der Waals surface area contributed by atoms with Crippen LogP contribution in [0, 0.1) is 17.8 Å². The van der Waals surface area contributed by atoms with Gasteiger partial charge in [0.2, 0.25) is 0 Å². The Balaban J connectivity index is 1.55. The van der Waals surface area contributed by atoms with Crippen molar-refractivity contribution in [1.29, 1.82) is 0 Å². The third kappa shape index (κ3) is 3.66. The summed E-state index contributed by atoms with van der Waals surface area (Å²) in [5.41, 5.74) is -0.338. The maximum absolute atomic E-state index is 13.1. The Morgan fingerprint density at radius 2 is 1.94 bits per heavy atom. The molecule has 1 aliphatic carbocycles. The second kappa shape index (κ2) is 7.85. The van der Waals surface area contributed by atoms with E-state index in [-0.39, 0.29) is 11.9 Å². The molecule has 0 N–H and O–H groups in total. The number of epoxide rings is 1. The lowest BCUT2D eigenvalue weighted by atomic mass is 9.80. The Morgan fingerprint density at radius 1 is 1.21 bits per heavy atom. The van der Waals surface area contributed by atoms with E-state index in [0.29, 0.717) is 22.6 Å². The molecule has 0 aromatic heterocycles. The Bertz CT molecular complexity index is 1060. The van der Waals surface area contributed by atoms with Gasteiger partial charge in [0.05, 0.1) is 35.0 Å². The van der Waals surface area contributed by atoms with Crippen LogP contribution in [-0.4, -0.2) is 66.9 Å². The second-order valence-corrected chi connectivity index (χ2v) is 10.2. The Labute approximate surface area is 197 Å². The highest BCUT2D eigenvalue weighted by atomic mass is 32.1. The molecule has 0 amide bonds. The van der Waals surface area contributed by atoms with Crippen molar-refractivity contribution >= 4 is 30.5 Å². The minimum absolute atomic E-state index is 0.317. The SMILES string of the molecule is CC1C(=O)OC2CC3(C)OC3C(OC(=O)c3ccccc3S)C(N(C)C)C3C=C(OC3=O)C21. The fraction of sp³-hybridized carbons (Fsp3) is 0.542. The molecule has 1 aromatic rings. The smallest absolute Gasteiger partial charge is 0.339 e. The number of thiol groups is 1. The van der Waals surface area contributed by atoms with Crippen molar-refractivity contribution in [1.82, 2.24) is 4.90 Å². The van der Waals surface area contributed by atoms with Gasteiger partial charge in [0.15, 0.2) is 0 Å². The molecule has 2 fully saturated rings. The molecule has 4 aliphatic rings. The standard InChI is InChI=1S/C24H27NO7S/c1-11-17-14-9-13(23(28)29-14)18(25(3)4)19(31-22(27)12-7-5-6-8-16(12)33)20-24(2,32-20)10-15(17)30-21(11)26/h5-9,11,13,15,17-20,33H,10H2,1-4H3. The predicted octanol–water partition coefficient (Wildman–Crippen LogP) is 2.23. The monoisotopic (exact) mass is 473 g/mol. The van der Waals surface area contributed by atoms with Gasteiger partial charge in [-0.2, -0.15) is 0 Å². The van der Waals surface area contributed by atoms with Crippen molar-refractivity contribution in [3.8, 4) is 0 Å². The molecule has 8 unspecified atom stereocenters. The average molecular weight is 474 g/mol. The van der Waals surface area contributed by atoms with Gasteiger partial charge in [-0.15, -0.1) is 12.6 Å². The number of esters is 3. The summed E-state index contributed by atoms with van der Waals surface area (Å²) in [5, 5.41) is 0. The van der Waals surface area contributed by atoms with Crippen molar-refractivity contribution in [2.75, 3.05) is 14.1 Å². The Hall–Kier alpha value is -2.36. The van der Waals surface area contributed by atoms with Gasteiger partial charge in [0.25, 0.3) is 0 Å². The molecule has 5 rings (SSSR count). The van der Waals surface area contributed by atoms with E-state index < -0.39 is 53.7 Å². The van der Waals surface area contributed by atoms with E-state index in [2.05, 4.69) is 12.6 Å². The van der Waals surface area contributed by atoms with Gasteiger partial charge in [0, 0.05) is 11.3 Å². The van der Waals surface area contributed by atoms with Gasteiger partial charge >= 0.3 is 17.9 Å². The summed E-state index contributed by atoms with van der Waals surface area (Å²) in [4.78, 5) is 40.9. The first kappa shape index (κ1) is 22.4. The number of hydrogen-bond acceptors (Lipinski definition) is 9. The van der Waals surface area contributed by atoms with Crippen LogP contribution in [0.3, 0.4) is 0 Å². The van der Waals surface area contributed by atoms with Gasteiger partial charge in [-0.25, -0.2) is 4.79 Å². The lowest BCUT2D eigenvalue weighted by molar-refractivity contribution is -0.145. The van der Waals surface area contributed by atoms with Crippen LogP contribution >= 0.6 is 12.6 Å². The molecule has 0 spiro atoms. The summed E-state index contributed by atoms with van der Waals surface area (Å²) in [5.74, 6) is -2.31. The van der Waals surface area contributed by atoms with Crippen LogP contribution < -0.4 is 0 Å². The van der Waals surface area contributed by atoms with Gasteiger partial charge in [-0.3, -0.25) is 9.59 Å². The molecule has 176 valence electrons. The van der Waals surface area contributed by atoms with E-state index in [9.17, 15) is 14.4 Å². The Kier molecular flexibility index (Phi) is 5.34. The molecule has 3 aliphatic heterocycles. The van der Waals surface area contributed by atoms with Gasteiger partial charge in [0.1, 0.15) is 24.1 Å². The van der Waals surface area contributed by atoms with E-state index in [1.54, 1.807) is 37.3 Å². The molecule has 0 radical (unpaired) electrons. The van der Waals surface area contributed by atoms with Crippen LogP contribution in [0.5, 0.6) is 0 Å². The predicted molar refractivity (Wildman–Crippen MR) is 118 cm³/mol. The van der Waals surface area contributed by atoms with Crippen molar-refractivity contribution in [3.05, 3.63) is 41.7 Å². The number of nitrogens with zero attached hydrogens (tertiary/aromatic N) is 1. The topological polar surface area (TPSA) is 94.7 Å². The van der Waals surface area contributed by atoms with E-state index >= 15 is 0 Å². The van der Waals surface area contributed by atoms with Gasteiger partial charge < -0.3 is 23.8 Å². The molecule has 8 atom stereocenters. The number of carbonyl (C=O) groups excluding carboxylic acids is 3. The lowest BCUT2D eigenvalue weighted by Crippen LogP contribution is -2.51. The van der Waals surface area contributed by atoms with Gasteiger partial charge in [-0.05, 0) is 39.2 Å². The first-order valence-corrected chi connectivity index (χ1v) is 11.5. The highest BCUT2D eigenvalue weighted by molar-refractivity contribution is 7.80. The molecular formula is C24H27NO7S. The lowest BCUT2D eigenvalue weighted by Gasteiger charge is -2.34. The highest BCUT2D eigenvalue weighted by Gasteiger charge is 2.65. The number of benzene rings is 1. The molecule has 2 bridgehead atoms. The largest absolute Gasteiger partial charge is 0.461 e. The van der Waals surface area contributed by atoms with Gasteiger partial charge in [-0.1, -0.05) is 19.1 Å². The quantitative estimate of drug-likeness (QED) is 0.309. The number of likely N-dealkylation sites (N-methyl/N-ethyl adjacent to an activating group) is 1. The summed E-state index contributed by atoms with van der Waals surface area (Å²) in [6.45, 7) is 3.71. The maximum Gasteiger partial charge on any atom is 0.339 e. The van der Waals surface area contributed by atoms with E-state index in [0.717, 1.165) is 0 Å². The number of fused-ring (bicyclic) bond motifs is 4. The third-order valence-electron chi connectivity index (χ3n) is 7.26. The Morgan fingerprint density at radius 3 is 2.64 bits per heavy atom. The first-order valence-electron chi connectivity index (χ1n) is 11.1. The summed E-state index contributed by atoms with van der Waals surface area (Å²) in [6, 6.07) is 6.36. The number of ether oxygens (including phenoxy) is 4. The fourth-order valence-electron chi connectivity index (χ4n) is 5.47. The van der Waals surface area contributed by atoms with Crippen molar-refractivity contribution < 1.29 is 33.3 Å². The number of hydrogen-bond donors (Lipinski definition) is 1. The summed E-state index contributed by atoms with van der Waals surface area (Å²) in [7, 11) is 3.66. The fourth-order valence-corrected chi connectivity index (χ4v) is 5.73. The van der Waals surface area contributed by atoms with E-state index in [1.165, 1.54) is 0 Å². The molecule has 3 heterocycles. The van der Waals surface area contributed by atoms with Crippen LogP contribution in [0.4, 0.5) is 0 Å². The van der Waals surface area contributed by atoms with Crippen LogP contribution in [0.2, 0.25) is 0 Å². The maximum atomic E-state index is 13.1. The third-order valence-corrected chi connectivity index (χ3v) is 7.65. The van der Waals surface area contributed by atoms with Crippen LogP contribution in [-0.2, 0) is 28.5 Å². The van der Waals surface area contributed by atoms with Crippen LogP contribution in [0.15, 0.2) is 41.0 Å². The minimum atomic E-state index is -0.760. The number of rotatable bonds is 3. The second-order valence-electron chi connectivity index (χ2n) is 9.70. The molecule has 0 saturated carbocycles. The van der Waals surface area contributed by atoms with Crippen molar-refractivity contribution in [2.24, 2.45) is 17.8 Å². The average Bonchev–Trinajstić information content (AvgIpc) is 3.14. The molecule has 1 aromatic carbocycles. The zero-order chi connectivity index (χ0) is 23.7. The van der Waals surface area contributed by atoms with Crippen LogP contribution in [0.25, 0.3) is 0 Å². The van der Waals surface area contributed by atoms with E-state index in [4.69, 9.17) is 18.9 Å². The first-order chi connectivity index (χ1) is 15.6. The molecule has 33 heavy (non-hydrogen) atoms.